The first-order valence-electron chi connectivity index (χ1n) is 9.10. The summed E-state index contributed by atoms with van der Waals surface area (Å²) in [6, 6.07) is 10.5. The minimum absolute atomic E-state index is 0.170. The zero-order valence-electron chi connectivity index (χ0n) is 15.9. The largest absolute Gasteiger partial charge is 0.462 e. The fourth-order valence-corrected chi connectivity index (χ4v) is 2.54. The maximum absolute atomic E-state index is 11.8. The Labute approximate surface area is 167 Å². The number of carbonyl (C=O) groups is 1. The molecule has 2 heterocycles. The van der Waals surface area contributed by atoms with Crippen molar-refractivity contribution < 1.29 is 18.8 Å². The number of esters is 1. The van der Waals surface area contributed by atoms with Crippen LogP contribution in [0, 0.1) is 11.8 Å². The van der Waals surface area contributed by atoms with Crippen molar-refractivity contribution in [2.75, 3.05) is 13.2 Å². The van der Waals surface area contributed by atoms with Gasteiger partial charge in [0.1, 0.15) is 18.0 Å². The summed E-state index contributed by atoms with van der Waals surface area (Å²) in [5.41, 5.74) is 2.03. The summed E-state index contributed by atoms with van der Waals surface area (Å²) in [5, 5.41) is 6.73. The summed E-state index contributed by atoms with van der Waals surface area (Å²) < 4.78 is 15.9. The second-order valence-electron chi connectivity index (χ2n) is 6.22. The van der Waals surface area contributed by atoms with Crippen LogP contribution >= 0.6 is 0 Å². The predicted molar refractivity (Wildman–Crippen MR) is 103 cm³/mol. The molecule has 0 N–H and O–H groups in total. The third-order valence-corrected chi connectivity index (χ3v) is 4.00. The van der Waals surface area contributed by atoms with E-state index in [2.05, 4.69) is 20.3 Å². The minimum atomic E-state index is -0.328. The molecule has 0 unspecified atom stereocenters. The van der Waals surface area contributed by atoms with Gasteiger partial charge in [-0.3, -0.25) is 4.98 Å². The molecule has 0 aliphatic heterocycles. The molecule has 0 radical (unpaired) electrons. The zero-order valence-corrected chi connectivity index (χ0v) is 15.9. The molecule has 9 heteroatoms. The van der Waals surface area contributed by atoms with Crippen LogP contribution in [-0.2, 0) is 16.1 Å². The van der Waals surface area contributed by atoms with Crippen LogP contribution in [0.2, 0.25) is 0 Å². The number of rotatable bonds is 10. The average Bonchev–Trinajstić information content (AvgIpc) is 3.22. The van der Waals surface area contributed by atoms with Crippen LogP contribution in [0.25, 0.3) is 11.5 Å². The molecule has 0 fully saturated rings. The number of nitrogens with zero attached hydrogens (tertiary/aromatic N) is 4. The van der Waals surface area contributed by atoms with Gasteiger partial charge in [0.15, 0.2) is 0 Å². The molecule has 0 saturated carbocycles. The highest BCUT2D eigenvalue weighted by atomic mass is 16.5. The Morgan fingerprint density at radius 2 is 1.97 bits per heavy atom. The van der Waals surface area contributed by atoms with Crippen LogP contribution in [0.4, 0.5) is 5.69 Å². The third kappa shape index (κ3) is 5.76. The van der Waals surface area contributed by atoms with E-state index in [4.69, 9.17) is 14.0 Å². The summed E-state index contributed by atoms with van der Waals surface area (Å²) in [6.07, 6.45) is 2.77. The number of unbranched alkanes of at least 4 members (excludes halogenated alkanes) is 1. The molecule has 0 spiro atoms. The molecule has 0 aliphatic carbocycles. The summed E-state index contributed by atoms with van der Waals surface area (Å²) in [7, 11) is 0. The number of aryl methyl sites for hydroxylation is 1. The van der Waals surface area contributed by atoms with Gasteiger partial charge in [-0.15, -0.1) is 4.91 Å². The molecule has 0 bridgehead atoms. The SMILES string of the molecule is Cc1cc(N=O)cnc1-c1noc(COCCCCOC(=O)c2ccccc2)n1. The molecule has 3 rings (SSSR count). The fourth-order valence-electron chi connectivity index (χ4n) is 2.54. The number of aromatic nitrogens is 3. The Bertz CT molecular complexity index is 959. The van der Waals surface area contributed by atoms with Gasteiger partial charge in [-0.25, -0.2) is 4.79 Å². The number of carbonyl (C=O) groups excluding carboxylic acids is 1. The minimum Gasteiger partial charge on any atom is -0.462 e. The highest BCUT2D eigenvalue weighted by Gasteiger charge is 2.13. The van der Waals surface area contributed by atoms with E-state index in [0.29, 0.717) is 42.6 Å². The van der Waals surface area contributed by atoms with Crippen molar-refractivity contribution in [3.05, 3.63) is 64.5 Å². The van der Waals surface area contributed by atoms with Crippen LogP contribution in [0.1, 0.15) is 34.7 Å². The average molecular weight is 396 g/mol. The third-order valence-electron chi connectivity index (χ3n) is 4.00. The number of ether oxygens (including phenoxy) is 2. The molecule has 1 aromatic carbocycles. The predicted octanol–water partition coefficient (Wildman–Crippen LogP) is 3.99. The normalized spacial score (nSPS) is 10.7. The Kier molecular flexibility index (Phi) is 7.12. The summed E-state index contributed by atoms with van der Waals surface area (Å²) in [5.74, 6) is 0.325. The number of hydrogen-bond donors (Lipinski definition) is 0. The molecule has 0 aliphatic rings. The lowest BCUT2D eigenvalue weighted by Crippen LogP contribution is -2.07. The lowest BCUT2D eigenvalue weighted by atomic mass is 10.2. The topological polar surface area (TPSA) is 117 Å². The number of pyridine rings is 1. The van der Waals surface area contributed by atoms with Crippen molar-refractivity contribution in [3.63, 3.8) is 0 Å². The van der Waals surface area contributed by atoms with E-state index in [1.807, 2.05) is 6.07 Å². The van der Waals surface area contributed by atoms with Gasteiger partial charge in [-0.1, -0.05) is 23.4 Å². The van der Waals surface area contributed by atoms with E-state index in [1.54, 1.807) is 37.3 Å². The highest BCUT2D eigenvalue weighted by Crippen LogP contribution is 2.22. The monoisotopic (exact) mass is 396 g/mol. The molecule has 0 amide bonds. The van der Waals surface area contributed by atoms with Gasteiger partial charge in [-0.05, 0) is 48.7 Å². The van der Waals surface area contributed by atoms with Crippen molar-refractivity contribution >= 4 is 11.7 Å². The van der Waals surface area contributed by atoms with E-state index in [0.717, 1.165) is 12.0 Å². The van der Waals surface area contributed by atoms with Gasteiger partial charge in [0.25, 0.3) is 5.89 Å². The van der Waals surface area contributed by atoms with Crippen LogP contribution in [0.15, 0.2) is 52.3 Å². The summed E-state index contributed by atoms with van der Waals surface area (Å²) >= 11 is 0. The van der Waals surface area contributed by atoms with Crippen molar-refractivity contribution in [2.24, 2.45) is 5.18 Å². The first-order valence-corrected chi connectivity index (χ1v) is 9.10. The lowest BCUT2D eigenvalue weighted by Gasteiger charge is -2.05. The fraction of sp³-hybridized carbons (Fsp3) is 0.300. The first kappa shape index (κ1) is 20.3. The second-order valence-corrected chi connectivity index (χ2v) is 6.22. The van der Waals surface area contributed by atoms with Crippen molar-refractivity contribution in [2.45, 2.75) is 26.4 Å². The first-order chi connectivity index (χ1) is 14.2. The van der Waals surface area contributed by atoms with Crippen LogP contribution < -0.4 is 0 Å². The molecule has 29 heavy (non-hydrogen) atoms. The van der Waals surface area contributed by atoms with Gasteiger partial charge >= 0.3 is 5.97 Å². The molecule has 150 valence electrons. The Balaban J connectivity index is 1.35. The molecular formula is C20H20N4O5. The molecular weight excluding hydrogens is 376 g/mol. The Morgan fingerprint density at radius 1 is 1.17 bits per heavy atom. The smallest absolute Gasteiger partial charge is 0.338 e. The van der Waals surface area contributed by atoms with Crippen molar-refractivity contribution in [1.29, 1.82) is 0 Å². The Hall–Kier alpha value is -3.46. The molecule has 9 nitrogen and oxygen atoms in total. The molecule has 0 saturated heterocycles. The van der Waals surface area contributed by atoms with Gasteiger partial charge in [-0.2, -0.15) is 4.98 Å². The zero-order chi connectivity index (χ0) is 20.5. The molecule has 0 atom stereocenters. The number of benzene rings is 1. The van der Waals surface area contributed by atoms with Gasteiger partial charge < -0.3 is 14.0 Å². The lowest BCUT2D eigenvalue weighted by molar-refractivity contribution is 0.0471. The van der Waals surface area contributed by atoms with Crippen molar-refractivity contribution in [1.82, 2.24) is 15.1 Å². The van der Waals surface area contributed by atoms with Crippen LogP contribution in [0.5, 0.6) is 0 Å². The van der Waals surface area contributed by atoms with E-state index < -0.39 is 0 Å². The van der Waals surface area contributed by atoms with E-state index >= 15 is 0 Å². The number of nitroso groups, excluding NO2 is 1. The van der Waals surface area contributed by atoms with Gasteiger partial charge in [0.05, 0.1) is 18.4 Å². The van der Waals surface area contributed by atoms with E-state index in [1.165, 1.54) is 6.20 Å². The molecule has 3 aromatic rings. The Morgan fingerprint density at radius 3 is 2.72 bits per heavy atom. The quantitative estimate of drug-likeness (QED) is 0.287. The van der Waals surface area contributed by atoms with Crippen molar-refractivity contribution in [3.8, 4) is 11.5 Å². The maximum Gasteiger partial charge on any atom is 0.338 e. The van der Waals surface area contributed by atoms with Gasteiger partial charge in [0, 0.05) is 6.61 Å². The van der Waals surface area contributed by atoms with E-state index in [-0.39, 0.29) is 18.3 Å². The summed E-state index contributed by atoms with van der Waals surface area (Å²) in [6.45, 7) is 2.76. The van der Waals surface area contributed by atoms with E-state index in [9.17, 15) is 9.70 Å². The second kappa shape index (κ2) is 10.2. The summed E-state index contributed by atoms with van der Waals surface area (Å²) in [4.78, 5) is 30.7. The molecule has 2 aromatic heterocycles. The maximum atomic E-state index is 11.8. The standard InChI is InChI=1S/C20H20N4O5/c1-14-11-16(23-26)12-21-18(14)19-22-17(29-24-19)13-27-9-5-6-10-28-20(25)15-7-3-2-4-8-15/h2-4,7-8,11-12H,5-6,9-10,13H2,1H3. The van der Waals surface area contributed by atoms with Crippen LogP contribution in [-0.4, -0.2) is 34.3 Å². The number of hydrogen-bond acceptors (Lipinski definition) is 9. The van der Waals surface area contributed by atoms with Gasteiger partial charge in [0.2, 0.25) is 5.82 Å². The highest BCUT2D eigenvalue weighted by molar-refractivity contribution is 5.89. The van der Waals surface area contributed by atoms with Crippen LogP contribution in [0.3, 0.4) is 0 Å².